The van der Waals surface area contributed by atoms with Crippen LogP contribution in [0.1, 0.15) is 15.9 Å². The number of benzene rings is 3. The van der Waals surface area contributed by atoms with Gasteiger partial charge in [-0.25, -0.2) is 0 Å². The lowest BCUT2D eigenvalue weighted by Gasteiger charge is -2.13. The molecule has 0 aliphatic rings. The van der Waals surface area contributed by atoms with E-state index < -0.39 is 0 Å². The maximum atomic E-state index is 12.6. The lowest BCUT2D eigenvalue weighted by atomic mass is 10.0. The minimum atomic E-state index is -0.347. The molecule has 0 saturated carbocycles. The minimum Gasteiger partial charge on any atom is -0.507 e. The Hall–Kier alpha value is -3.47. The molecule has 3 aromatic rings. The number of carbonyl (C=O) groups excluding carboxylic acids is 1. The molecule has 0 spiro atoms. The standard InChI is InChI=1S/C22H20O5/c1-25-15-8-10-19(23)18(13-15)20(24)11-9-17-16-7-5-4-6-14(16)12-21(26-2)22(17)27-3/h4-13,23H,1-3H3/b11-9+. The van der Waals surface area contributed by atoms with Crippen molar-refractivity contribution in [2.24, 2.45) is 0 Å². The Morgan fingerprint density at radius 1 is 0.963 bits per heavy atom. The van der Waals surface area contributed by atoms with E-state index in [2.05, 4.69) is 0 Å². The van der Waals surface area contributed by atoms with Gasteiger partial charge in [-0.2, -0.15) is 0 Å². The Morgan fingerprint density at radius 3 is 2.44 bits per heavy atom. The zero-order valence-corrected chi connectivity index (χ0v) is 15.4. The molecule has 27 heavy (non-hydrogen) atoms. The van der Waals surface area contributed by atoms with E-state index in [4.69, 9.17) is 14.2 Å². The molecule has 0 unspecified atom stereocenters. The number of carbonyl (C=O) groups is 1. The first-order valence-electron chi connectivity index (χ1n) is 8.32. The fourth-order valence-corrected chi connectivity index (χ4v) is 2.95. The smallest absolute Gasteiger partial charge is 0.189 e. The van der Waals surface area contributed by atoms with Crippen molar-refractivity contribution in [2.75, 3.05) is 21.3 Å². The number of ether oxygens (including phenoxy) is 3. The summed E-state index contributed by atoms with van der Waals surface area (Å²) in [6.45, 7) is 0. The summed E-state index contributed by atoms with van der Waals surface area (Å²) < 4.78 is 16.1. The fraction of sp³-hybridized carbons (Fsp3) is 0.136. The Morgan fingerprint density at radius 2 is 1.74 bits per heavy atom. The molecule has 3 rings (SSSR count). The molecule has 0 saturated heterocycles. The second-order valence-corrected chi connectivity index (χ2v) is 5.83. The van der Waals surface area contributed by atoms with Crippen LogP contribution in [0.3, 0.4) is 0 Å². The topological polar surface area (TPSA) is 65.0 Å². The molecule has 5 heteroatoms. The van der Waals surface area contributed by atoms with Crippen molar-refractivity contribution in [3.05, 3.63) is 65.7 Å². The molecule has 1 N–H and O–H groups in total. The van der Waals surface area contributed by atoms with Gasteiger partial charge < -0.3 is 19.3 Å². The van der Waals surface area contributed by atoms with Crippen LogP contribution in [-0.4, -0.2) is 32.2 Å². The van der Waals surface area contributed by atoms with Gasteiger partial charge >= 0.3 is 0 Å². The molecule has 0 aromatic heterocycles. The van der Waals surface area contributed by atoms with Gasteiger partial charge in [0, 0.05) is 5.56 Å². The van der Waals surface area contributed by atoms with Crippen molar-refractivity contribution in [3.63, 3.8) is 0 Å². The highest BCUT2D eigenvalue weighted by molar-refractivity contribution is 6.10. The third-order valence-electron chi connectivity index (χ3n) is 4.30. The number of phenols is 1. The predicted molar refractivity (Wildman–Crippen MR) is 105 cm³/mol. The van der Waals surface area contributed by atoms with Crippen LogP contribution in [0.5, 0.6) is 23.0 Å². The maximum absolute atomic E-state index is 12.6. The first kappa shape index (κ1) is 18.3. The molecule has 3 aromatic carbocycles. The normalized spacial score (nSPS) is 10.9. The van der Waals surface area contributed by atoms with Crippen molar-refractivity contribution in [3.8, 4) is 23.0 Å². The Bertz CT molecular complexity index is 1020. The van der Waals surface area contributed by atoms with Gasteiger partial charge in [0.05, 0.1) is 26.9 Å². The second kappa shape index (κ2) is 7.83. The summed E-state index contributed by atoms with van der Waals surface area (Å²) in [4.78, 5) is 12.6. The molecule has 0 heterocycles. The third-order valence-corrected chi connectivity index (χ3v) is 4.30. The molecular weight excluding hydrogens is 344 g/mol. The predicted octanol–water partition coefficient (Wildman–Crippen LogP) is 4.47. The number of ketones is 1. The fourth-order valence-electron chi connectivity index (χ4n) is 2.95. The Labute approximate surface area is 157 Å². The van der Waals surface area contributed by atoms with Crippen molar-refractivity contribution in [1.82, 2.24) is 0 Å². The number of hydrogen-bond donors (Lipinski definition) is 1. The average molecular weight is 364 g/mol. The number of aromatic hydroxyl groups is 1. The van der Waals surface area contributed by atoms with E-state index in [0.29, 0.717) is 17.2 Å². The molecule has 5 nitrogen and oxygen atoms in total. The van der Waals surface area contributed by atoms with Crippen molar-refractivity contribution >= 4 is 22.6 Å². The average Bonchev–Trinajstić information content (AvgIpc) is 2.71. The van der Waals surface area contributed by atoms with Gasteiger partial charge in [0.15, 0.2) is 17.3 Å². The summed E-state index contributed by atoms with van der Waals surface area (Å²) in [5, 5.41) is 11.9. The van der Waals surface area contributed by atoms with Gasteiger partial charge in [-0.05, 0) is 47.2 Å². The highest BCUT2D eigenvalue weighted by atomic mass is 16.5. The quantitative estimate of drug-likeness (QED) is 0.516. The molecule has 0 aliphatic heterocycles. The van der Waals surface area contributed by atoms with Crippen LogP contribution < -0.4 is 14.2 Å². The first-order valence-corrected chi connectivity index (χ1v) is 8.32. The number of phenolic OH excluding ortho intramolecular Hbond substituents is 1. The number of rotatable bonds is 6. The summed E-state index contributed by atoms with van der Waals surface area (Å²) in [5.41, 5.74) is 0.889. The number of methoxy groups -OCH3 is 3. The van der Waals surface area contributed by atoms with E-state index in [9.17, 15) is 9.90 Å². The lowest BCUT2D eigenvalue weighted by molar-refractivity contribution is 0.104. The molecule has 0 atom stereocenters. The zero-order chi connectivity index (χ0) is 19.4. The van der Waals surface area contributed by atoms with Crippen LogP contribution >= 0.6 is 0 Å². The second-order valence-electron chi connectivity index (χ2n) is 5.83. The van der Waals surface area contributed by atoms with Crippen molar-refractivity contribution in [2.45, 2.75) is 0 Å². The van der Waals surface area contributed by atoms with E-state index in [1.165, 1.54) is 25.3 Å². The molecule has 0 fully saturated rings. The zero-order valence-electron chi connectivity index (χ0n) is 15.4. The van der Waals surface area contributed by atoms with Crippen LogP contribution in [0.15, 0.2) is 54.6 Å². The first-order chi connectivity index (χ1) is 13.1. The van der Waals surface area contributed by atoms with Gasteiger partial charge in [0.25, 0.3) is 0 Å². The minimum absolute atomic E-state index is 0.104. The van der Waals surface area contributed by atoms with E-state index in [1.807, 2.05) is 30.3 Å². The largest absolute Gasteiger partial charge is 0.507 e. The third kappa shape index (κ3) is 3.58. The van der Waals surface area contributed by atoms with Gasteiger partial charge in [-0.1, -0.05) is 24.3 Å². The summed E-state index contributed by atoms with van der Waals surface area (Å²) in [6, 6.07) is 14.2. The van der Waals surface area contributed by atoms with E-state index in [0.717, 1.165) is 16.3 Å². The molecule has 0 amide bonds. The van der Waals surface area contributed by atoms with E-state index in [1.54, 1.807) is 26.4 Å². The molecule has 0 bridgehead atoms. The number of fused-ring (bicyclic) bond motifs is 1. The lowest BCUT2D eigenvalue weighted by Crippen LogP contribution is -1.97. The monoisotopic (exact) mass is 364 g/mol. The summed E-state index contributed by atoms with van der Waals surface area (Å²) in [5.74, 6) is 1.16. The molecular formula is C22H20O5. The van der Waals surface area contributed by atoms with Gasteiger partial charge in [-0.15, -0.1) is 0 Å². The Kier molecular flexibility index (Phi) is 5.31. The SMILES string of the molecule is COc1ccc(O)c(C(=O)/C=C/c2c(OC)c(OC)cc3ccccc23)c1. The van der Waals surface area contributed by atoms with Gasteiger partial charge in [0.1, 0.15) is 11.5 Å². The molecule has 0 radical (unpaired) electrons. The summed E-state index contributed by atoms with van der Waals surface area (Å²) in [6.07, 6.45) is 3.07. The van der Waals surface area contributed by atoms with Crippen LogP contribution in [-0.2, 0) is 0 Å². The van der Waals surface area contributed by atoms with Gasteiger partial charge in [0.2, 0.25) is 0 Å². The summed E-state index contributed by atoms with van der Waals surface area (Å²) in [7, 11) is 4.63. The summed E-state index contributed by atoms with van der Waals surface area (Å²) >= 11 is 0. The van der Waals surface area contributed by atoms with Crippen LogP contribution in [0, 0.1) is 0 Å². The van der Waals surface area contributed by atoms with Crippen molar-refractivity contribution < 1.29 is 24.1 Å². The Balaban J connectivity index is 2.09. The van der Waals surface area contributed by atoms with Crippen LogP contribution in [0.4, 0.5) is 0 Å². The number of allylic oxidation sites excluding steroid dienone is 1. The maximum Gasteiger partial charge on any atom is 0.189 e. The van der Waals surface area contributed by atoms with E-state index in [-0.39, 0.29) is 17.1 Å². The highest BCUT2D eigenvalue weighted by Crippen LogP contribution is 2.38. The van der Waals surface area contributed by atoms with Crippen LogP contribution in [0.2, 0.25) is 0 Å². The van der Waals surface area contributed by atoms with E-state index >= 15 is 0 Å². The molecule has 0 aliphatic carbocycles. The van der Waals surface area contributed by atoms with Gasteiger partial charge in [-0.3, -0.25) is 4.79 Å². The molecule has 138 valence electrons. The van der Waals surface area contributed by atoms with Crippen molar-refractivity contribution in [1.29, 1.82) is 0 Å². The number of hydrogen-bond acceptors (Lipinski definition) is 5. The van der Waals surface area contributed by atoms with Crippen LogP contribution in [0.25, 0.3) is 16.8 Å². The highest BCUT2D eigenvalue weighted by Gasteiger charge is 2.14.